The van der Waals surface area contributed by atoms with E-state index in [1.807, 2.05) is 12.1 Å². The average Bonchev–Trinajstić information content (AvgIpc) is 2.37. The van der Waals surface area contributed by atoms with Crippen molar-refractivity contribution in [3.05, 3.63) is 29.8 Å². The van der Waals surface area contributed by atoms with Gasteiger partial charge in [-0.05, 0) is 55.5 Å². The summed E-state index contributed by atoms with van der Waals surface area (Å²) < 4.78 is 5.22. The average molecular weight is 248 g/mol. The van der Waals surface area contributed by atoms with E-state index < -0.39 is 0 Å². The van der Waals surface area contributed by atoms with Gasteiger partial charge in [0, 0.05) is 6.54 Å². The minimum Gasteiger partial charge on any atom is -0.497 e. The molecule has 1 aromatic carbocycles. The van der Waals surface area contributed by atoms with Gasteiger partial charge in [-0.25, -0.2) is 0 Å². The topological polar surface area (TPSA) is 47.3 Å². The summed E-state index contributed by atoms with van der Waals surface area (Å²) in [6.07, 6.45) is 4.96. The molecule has 1 fully saturated rings. The van der Waals surface area contributed by atoms with Gasteiger partial charge in [0.15, 0.2) is 0 Å². The van der Waals surface area contributed by atoms with Gasteiger partial charge in [0.25, 0.3) is 0 Å². The highest BCUT2D eigenvalue weighted by molar-refractivity contribution is 5.28. The summed E-state index contributed by atoms with van der Waals surface area (Å²) in [5.41, 5.74) is 7.56. The van der Waals surface area contributed by atoms with Crippen LogP contribution >= 0.6 is 0 Å². The molecule has 1 aromatic rings. The van der Waals surface area contributed by atoms with E-state index in [4.69, 9.17) is 10.5 Å². The van der Waals surface area contributed by atoms with Crippen molar-refractivity contribution in [2.24, 2.45) is 11.1 Å². The molecule has 1 saturated carbocycles. The molecule has 3 N–H and O–H groups in total. The lowest BCUT2D eigenvalue weighted by atomic mass is 9.69. The molecule has 0 radical (unpaired) electrons. The zero-order valence-corrected chi connectivity index (χ0v) is 11.2. The van der Waals surface area contributed by atoms with E-state index in [1.54, 1.807) is 7.11 Å². The Bertz CT molecular complexity index is 369. The standard InChI is InChI=1S/C15H24N2O/c1-18-14-5-2-4-13(10-14)6-9-17-12-15(11-16)7-3-8-15/h2,4-5,10,17H,3,6-9,11-12,16H2,1H3. The molecule has 0 saturated heterocycles. The zero-order chi connectivity index (χ0) is 12.8. The van der Waals surface area contributed by atoms with Crippen molar-refractivity contribution in [1.29, 1.82) is 0 Å². The number of hydrogen-bond donors (Lipinski definition) is 2. The summed E-state index contributed by atoms with van der Waals surface area (Å²) in [5, 5.41) is 3.54. The highest BCUT2D eigenvalue weighted by atomic mass is 16.5. The largest absolute Gasteiger partial charge is 0.497 e. The Balaban J connectivity index is 1.71. The van der Waals surface area contributed by atoms with Crippen LogP contribution in [0.4, 0.5) is 0 Å². The Morgan fingerprint density at radius 2 is 2.22 bits per heavy atom. The zero-order valence-electron chi connectivity index (χ0n) is 11.2. The first-order chi connectivity index (χ1) is 8.78. The third-order valence-corrected chi connectivity index (χ3v) is 4.07. The molecule has 1 aliphatic rings. The Morgan fingerprint density at radius 3 is 2.83 bits per heavy atom. The van der Waals surface area contributed by atoms with E-state index in [0.29, 0.717) is 5.41 Å². The quantitative estimate of drug-likeness (QED) is 0.725. The Kier molecular flexibility index (Phi) is 4.61. The van der Waals surface area contributed by atoms with E-state index in [1.165, 1.54) is 24.8 Å². The van der Waals surface area contributed by atoms with Gasteiger partial charge in [0.05, 0.1) is 7.11 Å². The van der Waals surface area contributed by atoms with Crippen molar-refractivity contribution < 1.29 is 4.74 Å². The fraction of sp³-hybridized carbons (Fsp3) is 0.600. The molecular weight excluding hydrogens is 224 g/mol. The Labute approximate surface area is 110 Å². The molecule has 0 aromatic heterocycles. The predicted octanol–water partition coefficient (Wildman–Crippen LogP) is 1.96. The van der Waals surface area contributed by atoms with Crippen molar-refractivity contribution in [3.63, 3.8) is 0 Å². The van der Waals surface area contributed by atoms with Crippen LogP contribution in [0.3, 0.4) is 0 Å². The van der Waals surface area contributed by atoms with Crippen LogP contribution in [0.1, 0.15) is 24.8 Å². The molecule has 100 valence electrons. The lowest BCUT2D eigenvalue weighted by molar-refractivity contribution is 0.141. The van der Waals surface area contributed by atoms with Crippen LogP contribution in [0.2, 0.25) is 0 Å². The fourth-order valence-electron chi connectivity index (χ4n) is 2.54. The van der Waals surface area contributed by atoms with E-state index in [-0.39, 0.29) is 0 Å². The number of rotatable bonds is 7. The first-order valence-corrected chi connectivity index (χ1v) is 6.82. The first-order valence-electron chi connectivity index (χ1n) is 6.82. The first kappa shape index (κ1) is 13.4. The highest BCUT2D eigenvalue weighted by Gasteiger charge is 2.34. The van der Waals surface area contributed by atoms with Gasteiger partial charge in [0.2, 0.25) is 0 Å². The van der Waals surface area contributed by atoms with Crippen molar-refractivity contribution in [3.8, 4) is 5.75 Å². The molecule has 0 aliphatic heterocycles. The number of ether oxygens (including phenoxy) is 1. The maximum atomic E-state index is 5.84. The molecule has 2 rings (SSSR count). The van der Waals surface area contributed by atoms with Crippen LogP contribution in [0.5, 0.6) is 5.75 Å². The van der Waals surface area contributed by atoms with Gasteiger partial charge < -0.3 is 15.8 Å². The second kappa shape index (κ2) is 6.21. The lowest BCUT2D eigenvalue weighted by Gasteiger charge is -2.41. The maximum absolute atomic E-state index is 5.84. The SMILES string of the molecule is COc1cccc(CCNCC2(CN)CCC2)c1. The summed E-state index contributed by atoms with van der Waals surface area (Å²) in [4.78, 5) is 0. The minimum absolute atomic E-state index is 0.397. The molecule has 3 heteroatoms. The van der Waals surface area contributed by atoms with Gasteiger partial charge in [-0.1, -0.05) is 18.6 Å². The third-order valence-electron chi connectivity index (χ3n) is 4.07. The molecule has 0 bridgehead atoms. The molecule has 0 amide bonds. The van der Waals surface area contributed by atoms with Crippen molar-refractivity contribution in [2.45, 2.75) is 25.7 Å². The molecular formula is C15H24N2O. The fourth-order valence-corrected chi connectivity index (χ4v) is 2.54. The van der Waals surface area contributed by atoms with Gasteiger partial charge >= 0.3 is 0 Å². The van der Waals surface area contributed by atoms with Crippen molar-refractivity contribution in [2.75, 3.05) is 26.7 Å². The molecule has 0 heterocycles. The van der Waals surface area contributed by atoms with Crippen LogP contribution in [0, 0.1) is 5.41 Å². The second-order valence-corrected chi connectivity index (χ2v) is 5.34. The molecule has 0 atom stereocenters. The molecule has 18 heavy (non-hydrogen) atoms. The molecule has 0 spiro atoms. The smallest absolute Gasteiger partial charge is 0.119 e. The second-order valence-electron chi connectivity index (χ2n) is 5.34. The summed E-state index contributed by atoms with van der Waals surface area (Å²) in [6.45, 7) is 2.89. The van der Waals surface area contributed by atoms with E-state index >= 15 is 0 Å². The van der Waals surface area contributed by atoms with Crippen molar-refractivity contribution >= 4 is 0 Å². The van der Waals surface area contributed by atoms with E-state index in [0.717, 1.165) is 31.8 Å². The van der Waals surface area contributed by atoms with Crippen LogP contribution in [0.15, 0.2) is 24.3 Å². The van der Waals surface area contributed by atoms with Crippen LogP contribution < -0.4 is 15.8 Å². The Hall–Kier alpha value is -1.06. The number of hydrogen-bond acceptors (Lipinski definition) is 3. The third kappa shape index (κ3) is 3.24. The summed E-state index contributed by atoms with van der Waals surface area (Å²) in [5.74, 6) is 0.935. The molecule has 1 aliphatic carbocycles. The van der Waals surface area contributed by atoms with E-state index in [2.05, 4.69) is 17.4 Å². The van der Waals surface area contributed by atoms with E-state index in [9.17, 15) is 0 Å². The van der Waals surface area contributed by atoms with Gasteiger partial charge in [0.1, 0.15) is 5.75 Å². The number of nitrogens with one attached hydrogen (secondary N) is 1. The van der Waals surface area contributed by atoms with Gasteiger partial charge in [-0.2, -0.15) is 0 Å². The monoisotopic (exact) mass is 248 g/mol. The van der Waals surface area contributed by atoms with Gasteiger partial charge in [-0.3, -0.25) is 0 Å². The summed E-state index contributed by atoms with van der Waals surface area (Å²) >= 11 is 0. The maximum Gasteiger partial charge on any atom is 0.119 e. The number of benzene rings is 1. The molecule has 0 unspecified atom stereocenters. The Morgan fingerprint density at radius 1 is 1.39 bits per heavy atom. The van der Waals surface area contributed by atoms with Crippen molar-refractivity contribution in [1.82, 2.24) is 5.32 Å². The summed E-state index contributed by atoms with van der Waals surface area (Å²) in [7, 11) is 1.71. The molecule has 3 nitrogen and oxygen atoms in total. The minimum atomic E-state index is 0.397. The summed E-state index contributed by atoms with van der Waals surface area (Å²) in [6, 6.07) is 8.27. The van der Waals surface area contributed by atoms with Crippen LogP contribution in [-0.4, -0.2) is 26.7 Å². The van der Waals surface area contributed by atoms with Crippen LogP contribution in [-0.2, 0) is 6.42 Å². The van der Waals surface area contributed by atoms with Crippen LogP contribution in [0.25, 0.3) is 0 Å². The lowest BCUT2D eigenvalue weighted by Crippen LogP contribution is -2.45. The van der Waals surface area contributed by atoms with Gasteiger partial charge in [-0.15, -0.1) is 0 Å². The normalized spacial score (nSPS) is 17.2. The highest BCUT2D eigenvalue weighted by Crippen LogP contribution is 2.38. The predicted molar refractivity (Wildman–Crippen MR) is 74.9 cm³/mol. The number of nitrogens with two attached hydrogens (primary N) is 1. The number of methoxy groups -OCH3 is 1.